The van der Waals surface area contributed by atoms with E-state index >= 15 is 0 Å². The van der Waals surface area contributed by atoms with Gasteiger partial charge in [-0.15, -0.1) is 0 Å². The highest BCUT2D eigenvalue weighted by Gasteiger charge is 2.71. The van der Waals surface area contributed by atoms with Crippen LogP contribution in [0.1, 0.15) is 13.3 Å². The number of likely N-dealkylation sites (tertiary alicyclic amines) is 1. The van der Waals surface area contributed by atoms with Gasteiger partial charge < -0.3 is 34.0 Å². The van der Waals surface area contributed by atoms with Crippen LogP contribution in [-0.4, -0.2) is 128 Å². The van der Waals surface area contributed by atoms with Gasteiger partial charge in [0.25, 0.3) is 0 Å². The lowest BCUT2D eigenvalue weighted by atomic mass is 9.77. The molecule has 226 valence electrons. The first-order valence-corrected chi connectivity index (χ1v) is 15.0. The third-order valence-corrected chi connectivity index (χ3v) is 9.05. The van der Waals surface area contributed by atoms with Crippen LogP contribution < -0.4 is 9.64 Å². The molecule has 3 saturated heterocycles. The Balaban J connectivity index is 1.30. The number of aliphatic hydroxyl groups is 1. The van der Waals surface area contributed by atoms with E-state index in [0.29, 0.717) is 63.9 Å². The summed E-state index contributed by atoms with van der Waals surface area (Å²) in [5, 5.41) is 9.62. The first kappa shape index (κ1) is 28.9. The largest absolute Gasteiger partial charge is 0.494 e. The van der Waals surface area contributed by atoms with Gasteiger partial charge in [-0.2, -0.15) is 0 Å². The molecule has 5 aliphatic rings. The average Bonchev–Trinajstić information content (AvgIpc) is 3.32. The molecule has 1 N–H and O–H groups in total. The molecule has 42 heavy (non-hydrogen) atoms. The summed E-state index contributed by atoms with van der Waals surface area (Å²) in [6.07, 6.45) is 7.23. The van der Waals surface area contributed by atoms with Gasteiger partial charge in [-0.05, 0) is 37.6 Å². The molecule has 5 heterocycles. The first-order valence-electron chi connectivity index (χ1n) is 15.0. The van der Waals surface area contributed by atoms with E-state index in [1.807, 2.05) is 55.5 Å². The maximum absolute atomic E-state index is 14.3. The van der Waals surface area contributed by atoms with Crippen LogP contribution in [-0.2, 0) is 23.9 Å². The predicted molar refractivity (Wildman–Crippen MR) is 154 cm³/mol. The second-order valence-corrected chi connectivity index (χ2v) is 11.4. The fourth-order valence-electron chi connectivity index (χ4n) is 7.07. The Labute approximate surface area is 246 Å². The van der Waals surface area contributed by atoms with Gasteiger partial charge in [0.1, 0.15) is 17.4 Å². The number of ether oxygens (including phenoxy) is 3. The van der Waals surface area contributed by atoms with Gasteiger partial charge in [0, 0.05) is 58.1 Å². The van der Waals surface area contributed by atoms with Crippen LogP contribution in [0.15, 0.2) is 48.6 Å². The van der Waals surface area contributed by atoms with Gasteiger partial charge in [-0.1, -0.05) is 24.3 Å². The van der Waals surface area contributed by atoms with Crippen molar-refractivity contribution in [2.75, 3.05) is 77.1 Å². The highest BCUT2D eigenvalue weighted by Crippen LogP contribution is 2.53. The zero-order valence-electron chi connectivity index (χ0n) is 24.1. The minimum Gasteiger partial charge on any atom is -0.494 e. The third kappa shape index (κ3) is 5.02. The zero-order valence-corrected chi connectivity index (χ0v) is 24.1. The lowest BCUT2D eigenvalue weighted by Crippen LogP contribution is -2.56. The van der Waals surface area contributed by atoms with Crippen LogP contribution in [0.3, 0.4) is 0 Å². The van der Waals surface area contributed by atoms with Crippen molar-refractivity contribution in [1.29, 1.82) is 0 Å². The molecule has 0 aromatic heterocycles. The number of morpholine rings is 1. The fourth-order valence-corrected chi connectivity index (χ4v) is 7.07. The van der Waals surface area contributed by atoms with E-state index in [2.05, 4.69) is 4.90 Å². The average molecular weight is 581 g/mol. The molecule has 6 rings (SSSR count). The SMILES string of the molecule is CCOc1ccc(N2CC=C[C@H]3O[C@]45C=CCN(CCN6CCOCC6)C(=O)C4N(CCCO)C(=O)[C@@H]5[C@H]3C2=O)cc1. The van der Waals surface area contributed by atoms with E-state index in [1.54, 1.807) is 14.7 Å². The van der Waals surface area contributed by atoms with Crippen molar-refractivity contribution in [2.45, 2.75) is 31.1 Å². The predicted octanol–water partition coefficient (Wildman–Crippen LogP) is 0.682. The first-order chi connectivity index (χ1) is 20.5. The number of carbonyl (C=O) groups is 3. The number of carbonyl (C=O) groups excluding carboxylic acids is 3. The van der Waals surface area contributed by atoms with Crippen LogP contribution in [0.5, 0.6) is 5.75 Å². The van der Waals surface area contributed by atoms with E-state index in [9.17, 15) is 19.5 Å². The van der Waals surface area contributed by atoms with E-state index in [-0.39, 0.29) is 30.9 Å². The summed E-state index contributed by atoms with van der Waals surface area (Å²) < 4.78 is 17.7. The van der Waals surface area contributed by atoms with Gasteiger partial charge in [-0.25, -0.2) is 0 Å². The number of hydrogen-bond donors (Lipinski definition) is 1. The molecule has 0 bridgehead atoms. The number of anilines is 1. The monoisotopic (exact) mass is 580 g/mol. The topological polar surface area (TPSA) is 112 Å². The minimum absolute atomic E-state index is 0.112. The summed E-state index contributed by atoms with van der Waals surface area (Å²) in [6, 6.07) is 6.44. The van der Waals surface area contributed by atoms with E-state index < -0.39 is 29.6 Å². The molecule has 0 aliphatic carbocycles. The van der Waals surface area contributed by atoms with Crippen LogP contribution in [0.2, 0.25) is 0 Å². The summed E-state index contributed by atoms with van der Waals surface area (Å²) in [5.41, 5.74) is -0.565. The van der Waals surface area contributed by atoms with Crippen molar-refractivity contribution in [3.8, 4) is 5.75 Å². The van der Waals surface area contributed by atoms with Crippen molar-refractivity contribution in [3.05, 3.63) is 48.6 Å². The molecule has 1 aromatic carbocycles. The zero-order chi connectivity index (χ0) is 29.3. The quantitative estimate of drug-likeness (QED) is 0.425. The summed E-state index contributed by atoms with van der Waals surface area (Å²) in [5.74, 6) is -1.59. The summed E-state index contributed by atoms with van der Waals surface area (Å²) >= 11 is 0. The Bertz CT molecular complexity index is 1230. The van der Waals surface area contributed by atoms with Gasteiger partial charge >= 0.3 is 0 Å². The number of benzene rings is 1. The molecule has 11 nitrogen and oxygen atoms in total. The molecule has 1 aromatic rings. The number of aliphatic hydroxyl groups excluding tert-OH is 1. The van der Waals surface area contributed by atoms with E-state index in [0.717, 1.165) is 13.1 Å². The highest BCUT2D eigenvalue weighted by atomic mass is 16.5. The van der Waals surface area contributed by atoms with Crippen molar-refractivity contribution < 1.29 is 33.7 Å². The molecule has 1 unspecified atom stereocenters. The van der Waals surface area contributed by atoms with E-state index in [4.69, 9.17) is 14.2 Å². The molecule has 1 spiro atoms. The maximum atomic E-state index is 14.3. The van der Waals surface area contributed by atoms with E-state index in [1.165, 1.54) is 0 Å². The van der Waals surface area contributed by atoms with Gasteiger partial charge in [0.2, 0.25) is 17.7 Å². The smallest absolute Gasteiger partial charge is 0.249 e. The molecule has 5 aliphatic heterocycles. The van der Waals surface area contributed by atoms with Gasteiger partial charge in [0.15, 0.2) is 0 Å². The second kappa shape index (κ2) is 12.2. The maximum Gasteiger partial charge on any atom is 0.249 e. The van der Waals surface area contributed by atoms with Crippen LogP contribution in [0.25, 0.3) is 0 Å². The molecule has 11 heteroatoms. The highest BCUT2D eigenvalue weighted by molar-refractivity contribution is 6.03. The summed E-state index contributed by atoms with van der Waals surface area (Å²) in [4.78, 5) is 50.0. The number of nitrogens with zero attached hydrogens (tertiary/aromatic N) is 4. The van der Waals surface area contributed by atoms with Crippen LogP contribution in [0.4, 0.5) is 5.69 Å². The van der Waals surface area contributed by atoms with Crippen molar-refractivity contribution in [1.82, 2.24) is 14.7 Å². The number of fused-ring (bicyclic) bond motifs is 2. The van der Waals surface area contributed by atoms with Crippen molar-refractivity contribution in [3.63, 3.8) is 0 Å². The second-order valence-electron chi connectivity index (χ2n) is 11.4. The molecule has 3 fully saturated rings. The number of rotatable bonds is 9. The van der Waals surface area contributed by atoms with Crippen molar-refractivity contribution in [2.24, 2.45) is 11.8 Å². The molecular weight excluding hydrogens is 540 g/mol. The fraction of sp³-hybridized carbons (Fsp3) is 0.581. The lowest BCUT2D eigenvalue weighted by Gasteiger charge is -2.36. The van der Waals surface area contributed by atoms with Gasteiger partial charge in [0.05, 0.1) is 37.8 Å². The van der Waals surface area contributed by atoms with Crippen LogP contribution >= 0.6 is 0 Å². The Hall–Kier alpha value is -3.25. The van der Waals surface area contributed by atoms with Crippen LogP contribution in [0, 0.1) is 11.8 Å². The molecule has 0 radical (unpaired) electrons. The normalized spacial score (nSPS) is 31.2. The number of hydrogen-bond acceptors (Lipinski definition) is 8. The lowest BCUT2D eigenvalue weighted by molar-refractivity contribution is -0.147. The molecule has 3 amide bonds. The Morgan fingerprint density at radius 1 is 0.976 bits per heavy atom. The summed E-state index contributed by atoms with van der Waals surface area (Å²) in [6.45, 7) is 7.52. The third-order valence-electron chi connectivity index (χ3n) is 9.05. The molecule has 5 atom stereocenters. The minimum atomic E-state index is -1.27. The molecular formula is C31H40N4O7. The number of amides is 3. The van der Waals surface area contributed by atoms with Crippen molar-refractivity contribution >= 4 is 23.4 Å². The summed E-state index contributed by atoms with van der Waals surface area (Å²) in [7, 11) is 0. The molecule has 0 saturated carbocycles. The van der Waals surface area contributed by atoms with Gasteiger partial charge in [-0.3, -0.25) is 19.3 Å². The Morgan fingerprint density at radius 2 is 1.76 bits per heavy atom. The Morgan fingerprint density at radius 3 is 2.50 bits per heavy atom. The Kier molecular flexibility index (Phi) is 8.35. The standard InChI is InChI=1S/C31H40N4O7/c1-2-41-23-9-7-22(8-10-23)34-13-3-6-24-25(28(34)37)26-29(38)35(14-5-19-36)27-30(39)33(12-4-11-31(26,27)42-24)16-15-32-17-20-40-21-18-32/h3-4,6-11,24-27,36H,2,5,12-21H2,1H3/t24-,25+,26+,27?,31+/m1/s1.